The van der Waals surface area contributed by atoms with Crippen molar-refractivity contribution in [1.29, 1.82) is 0 Å². The van der Waals surface area contributed by atoms with E-state index >= 15 is 0 Å². The molecule has 1 aliphatic carbocycles. The fourth-order valence-electron chi connectivity index (χ4n) is 2.76. The molecule has 0 aliphatic heterocycles. The molecule has 1 rings (SSSR count). The summed E-state index contributed by atoms with van der Waals surface area (Å²) in [6.07, 6.45) is -2.35. The number of amides is 1. The van der Waals surface area contributed by atoms with E-state index in [1.54, 1.807) is 4.90 Å². The van der Waals surface area contributed by atoms with Crippen LogP contribution in [0.3, 0.4) is 0 Å². The molecule has 0 atom stereocenters. The fourth-order valence-corrected chi connectivity index (χ4v) is 3.01. The van der Waals surface area contributed by atoms with Crippen LogP contribution in [0, 0.1) is 11.8 Å². The third kappa shape index (κ3) is 4.93. The predicted octanol–water partition coefficient (Wildman–Crippen LogP) is 4.38. The normalized spacial score (nSPS) is 23.9. The van der Waals surface area contributed by atoms with Crippen LogP contribution in [0.15, 0.2) is 0 Å². The van der Waals surface area contributed by atoms with Crippen LogP contribution in [0.25, 0.3) is 0 Å². The van der Waals surface area contributed by atoms with Crippen LogP contribution in [0.5, 0.6) is 0 Å². The van der Waals surface area contributed by atoms with Crippen molar-refractivity contribution >= 4 is 21.8 Å². The van der Waals surface area contributed by atoms with Crippen molar-refractivity contribution in [3.8, 4) is 0 Å². The Labute approximate surface area is 127 Å². The van der Waals surface area contributed by atoms with Gasteiger partial charge in [-0.3, -0.25) is 4.79 Å². The summed E-state index contributed by atoms with van der Waals surface area (Å²) in [6, 6.07) is 0.0990. The molecule has 2 nitrogen and oxygen atoms in total. The number of hydrogen-bond acceptors (Lipinski definition) is 1. The van der Waals surface area contributed by atoms with Crippen molar-refractivity contribution < 1.29 is 18.0 Å². The van der Waals surface area contributed by atoms with Gasteiger partial charge < -0.3 is 4.90 Å². The van der Waals surface area contributed by atoms with Gasteiger partial charge in [-0.15, -0.1) is 0 Å². The molecule has 0 aromatic carbocycles. The number of carbonyl (C=O) groups excluding carboxylic acids is 1. The van der Waals surface area contributed by atoms with Crippen LogP contribution in [-0.2, 0) is 4.79 Å². The van der Waals surface area contributed by atoms with E-state index in [0.717, 1.165) is 11.8 Å². The molecule has 0 saturated heterocycles. The summed E-state index contributed by atoms with van der Waals surface area (Å²) in [4.78, 5) is 14.2. The van der Waals surface area contributed by atoms with Gasteiger partial charge in [0.1, 0.15) is 0 Å². The minimum atomic E-state index is -4.11. The standard InChI is InChI=1S/C14H23BrF3NO/c1-10(2)19(9-3-8-15)13(20)11-4-6-12(7-5-11)14(16,17)18/h10-12H,3-9H2,1-2H3. The summed E-state index contributed by atoms with van der Waals surface area (Å²) < 4.78 is 37.9. The maximum atomic E-state index is 12.6. The Morgan fingerprint density at radius 2 is 1.80 bits per heavy atom. The van der Waals surface area contributed by atoms with E-state index in [2.05, 4.69) is 15.9 Å². The third-order valence-corrected chi connectivity index (χ3v) is 4.54. The van der Waals surface area contributed by atoms with Crippen LogP contribution in [0.1, 0.15) is 46.0 Å². The van der Waals surface area contributed by atoms with Gasteiger partial charge in [0.25, 0.3) is 0 Å². The Hall–Kier alpha value is -0.260. The number of nitrogens with zero attached hydrogens (tertiary/aromatic N) is 1. The highest BCUT2D eigenvalue weighted by Gasteiger charge is 2.43. The van der Waals surface area contributed by atoms with Gasteiger partial charge in [0.15, 0.2) is 0 Å². The molecule has 6 heteroatoms. The first-order valence-corrected chi connectivity index (χ1v) is 8.32. The molecule has 1 amide bonds. The number of halogens is 4. The van der Waals surface area contributed by atoms with Gasteiger partial charge in [0, 0.05) is 23.8 Å². The van der Waals surface area contributed by atoms with Gasteiger partial charge in [-0.2, -0.15) is 13.2 Å². The van der Waals surface area contributed by atoms with E-state index in [0.29, 0.717) is 19.4 Å². The Morgan fingerprint density at radius 1 is 1.25 bits per heavy atom. The highest BCUT2D eigenvalue weighted by atomic mass is 79.9. The molecular formula is C14H23BrF3NO. The molecule has 0 bridgehead atoms. The van der Waals surface area contributed by atoms with Crippen molar-refractivity contribution in [1.82, 2.24) is 4.90 Å². The van der Waals surface area contributed by atoms with Crippen LogP contribution in [0.2, 0.25) is 0 Å². The fraction of sp³-hybridized carbons (Fsp3) is 0.929. The zero-order valence-corrected chi connectivity index (χ0v) is 13.6. The Kier molecular flexibility index (Phi) is 6.82. The first-order valence-electron chi connectivity index (χ1n) is 7.20. The lowest BCUT2D eigenvalue weighted by molar-refractivity contribution is -0.185. The smallest absolute Gasteiger partial charge is 0.340 e. The van der Waals surface area contributed by atoms with Crippen LogP contribution in [0.4, 0.5) is 13.2 Å². The molecule has 0 N–H and O–H groups in total. The molecule has 1 saturated carbocycles. The second kappa shape index (κ2) is 7.66. The second-order valence-electron chi connectivity index (χ2n) is 5.76. The molecule has 20 heavy (non-hydrogen) atoms. The van der Waals surface area contributed by atoms with Gasteiger partial charge >= 0.3 is 6.18 Å². The van der Waals surface area contributed by atoms with Crippen molar-refractivity contribution in [2.75, 3.05) is 11.9 Å². The molecular weight excluding hydrogens is 335 g/mol. The molecule has 118 valence electrons. The summed E-state index contributed by atoms with van der Waals surface area (Å²) in [5.74, 6) is -1.42. The van der Waals surface area contributed by atoms with Crippen molar-refractivity contribution in [2.24, 2.45) is 11.8 Å². The van der Waals surface area contributed by atoms with E-state index in [4.69, 9.17) is 0 Å². The SMILES string of the molecule is CC(C)N(CCCBr)C(=O)C1CCC(C(F)(F)F)CC1. The summed E-state index contributed by atoms with van der Waals surface area (Å²) in [7, 11) is 0. The quantitative estimate of drug-likeness (QED) is 0.668. The number of carbonyl (C=O) groups is 1. The molecule has 0 unspecified atom stereocenters. The van der Waals surface area contributed by atoms with Gasteiger partial charge in [-0.05, 0) is 46.0 Å². The van der Waals surface area contributed by atoms with E-state index < -0.39 is 12.1 Å². The van der Waals surface area contributed by atoms with Crippen LogP contribution < -0.4 is 0 Å². The Bertz CT molecular complexity index is 312. The lowest BCUT2D eigenvalue weighted by Crippen LogP contribution is -2.43. The maximum absolute atomic E-state index is 12.6. The number of alkyl halides is 4. The average molecular weight is 358 g/mol. The van der Waals surface area contributed by atoms with Gasteiger partial charge in [0.2, 0.25) is 5.91 Å². The van der Waals surface area contributed by atoms with Gasteiger partial charge in [-0.1, -0.05) is 15.9 Å². The van der Waals surface area contributed by atoms with E-state index in [1.165, 1.54) is 0 Å². The van der Waals surface area contributed by atoms with E-state index in [1.807, 2.05) is 13.8 Å². The summed E-state index contributed by atoms with van der Waals surface area (Å²) in [6.45, 7) is 4.57. The van der Waals surface area contributed by atoms with E-state index in [9.17, 15) is 18.0 Å². The maximum Gasteiger partial charge on any atom is 0.391 e. The lowest BCUT2D eigenvalue weighted by atomic mass is 9.81. The number of rotatable bonds is 5. The molecule has 0 heterocycles. The van der Waals surface area contributed by atoms with Crippen molar-refractivity contribution in [3.05, 3.63) is 0 Å². The van der Waals surface area contributed by atoms with Crippen molar-refractivity contribution in [3.63, 3.8) is 0 Å². The summed E-state index contributed by atoms with van der Waals surface area (Å²) >= 11 is 3.34. The van der Waals surface area contributed by atoms with Gasteiger partial charge in [-0.25, -0.2) is 0 Å². The summed E-state index contributed by atoms with van der Waals surface area (Å²) in [5.41, 5.74) is 0. The highest BCUT2D eigenvalue weighted by Crippen LogP contribution is 2.40. The third-order valence-electron chi connectivity index (χ3n) is 3.98. The van der Waals surface area contributed by atoms with Gasteiger partial charge in [0.05, 0.1) is 5.92 Å². The second-order valence-corrected chi connectivity index (χ2v) is 6.55. The minimum Gasteiger partial charge on any atom is -0.340 e. The lowest BCUT2D eigenvalue weighted by Gasteiger charge is -2.34. The molecule has 0 aromatic rings. The first kappa shape index (κ1) is 17.8. The zero-order chi connectivity index (χ0) is 15.3. The minimum absolute atomic E-state index is 0.0292. The topological polar surface area (TPSA) is 20.3 Å². The Morgan fingerprint density at radius 3 is 2.20 bits per heavy atom. The van der Waals surface area contributed by atoms with Crippen molar-refractivity contribution in [2.45, 2.75) is 58.2 Å². The highest BCUT2D eigenvalue weighted by molar-refractivity contribution is 9.09. The largest absolute Gasteiger partial charge is 0.391 e. The predicted molar refractivity (Wildman–Crippen MR) is 76.8 cm³/mol. The molecule has 1 aliphatic rings. The molecule has 0 spiro atoms. The summed E-state index contributed by atoms with van der Waals surface area (Å²) in [5, 5.41) is 0.824. The molecule has 0 aromatic heterocycles. The Balaban J connectivity index is 2.56. The van der Waals surface area contributed by atoms with Crippen LogP contribution in [-0.4, -0.2) is 34.9 Å². The van der Waals surface area contributed by atoms with E-state index in [-0.39, 0.29) is 30.7 Å². The zero-order valence-electron chi connectivity index (χ0n) is 12.0. The number of hydrogen-bond donors (Lipinski definition) is 0. The first-order chi connectivity index (χ1) is 9.27. The van der Waals surface area contributed by atoms with Crippen LogP contribution >= 0.6 is 15.9 Å². The monoisotopic (exact) mass is 357 g/mol. The average Bonchev–Trinajstić information content (AvgIpc) is 2.37. The molecule has 0 radical (unpaired) electrons. The molecule has 1 fully saturated rings.